The predicted molar refractivity (Wildman–Crippen MR) is 110 cm³/mol. The molecule has 0 atom stereocenters. The summed E-state index contributed by atoms with van der Waals surface area (Å²) in [6, 6.07) is 28.2. The summed E-state index contributed by atoms with van der Waals surface area (Å²) in [6.07, 6.45) is 1.70. The number of hydrogen-bond acceptors (Lipinski definition) is 4. The van der Waals surface area contributed by atoms with Gasteiger partial charge in [-0.2, -0.15) is 4.98 Å². The quantitative estimate of drug-likeness (QED) is 0.473. The molecule has 4 rings (SSSR count). The van der Waals surface area contributed by atoms with Crippen molar-refractivity contribution in [3.05, 3.63) is 109 Å². The molecule has 0 amide bonds. The Morgan fingerprint density at radius 3 is 2.32 bits per heavy atom. The van der Waals surface area contributed by atoms with E-state index in [2.05, 4.69) is 27.4 Å². The molecule has 0 spiro atoms. The standard InChI is InChI=1S/C23H19FN4/c24-19-10-7-11-20(16-19)26-22-14-15-25-23(27-22)28(21-12-5-2-6-13-21)17-18-8-3-1-4-9-18/h1-16H,17H2,(H,25,26,27). The van der Waals surface area contributed by atoms with Gasteiger partial charge in [0, 0.05) is 17.6 Å². The summed E-state index contributed by atoms with van der Waals surface area (Å²) < 4.78 is 13.5. The normalized spacial score (nSPS) is 10.5. The second-order valence-corrected chi connectivity index (χ2v) is 6.28. The SMILES string of the molecule is Fc1cccc(Nc2ccnc(N(Cc3ccccc3)c3ccccc3)n2)c1. The van der Waals surface area contributed by atoms with Crippen LogP contribution in [0.5, 0.6) is 0 Å². The molecular formula is C23H19FN4. The summed E-state index contributed by atoms with van der Waals surface area (Å²) in [5, 5.41) is 3.14. The lowest BCUT2D eigenvalue weighted by atomic mass is 10.2. The number of nitrogens with zero attached hydrogens (tertiary/aromatic N) is 3. The van der Waals surface area contributed by atoms with E-state index >= 15 is 0 Å². The van der Waals surface area contributed by atoms with Gasteiger partial charge in [-0.1, -0.05) is 54.6 Å². The third kappa shape index (κ3) is 4.32. The van der Waals surface area contributed by atoms with E-state index in [-0.39, 0.29) is 5.82 Å². The molecule has 28 heavy (non-hydrogen) atoms. The van der Waals surface area contributed by atoms with E-state index in [1.54, 1.807) is 24.4 Å². The fraction of sp³-hybridized carbons (Fsp3) is 0.0435. The van der Waals surface area contributed by atoms with Crippen molar-refractivity contribution >= 4 is 23.1 Å². The molecule has 5 heteroatoms. The third-order valence-corrected chi connectivity index (χ3v) is 4.23. The number of benzene rings is 3. The summed E-state index contributed by atoms with van der Waals surface area (Å²) in [7, 11) is 0. The number of nitrogens with one attached hydrogen (secondary N) is 1. The largest absolute Gasteiger partial charge is 0.340 e. The average Bonchev–Trinajstić information content (AvgIpc) is 2.74. The highest BCUT2D eigenvalue weighted by atomic mass is 19.1. The molecule has 1 heterocycles. The van der Waals surface area contributed by atoms with Crippen LogP contribution in [-0.2, 0) is 6.54 Å². The highest BCUT2D eigenvalue weighted by molar-refractivity contribution is 5.61. The Hall–Kier alpha value is -3.73. The number of aromatic nitrogens is 2. The Morgan fingerprint density at radius 2 is 1.57 bits per heavy atom. The van der Waals surface area contributed by atoms with Crippen molar-refractivity contribution in [3.8, 4) is 0 Å². The van der Waals surface area contributed by atoms with Gasteiger partial charge in [0.1, 0.15) is 11.6 Å². The maximum atomic E-state index is 13.5. The van der Waals surface area contributed by atoms with Crippen LogP contribution in [0, 0.1) is 5.82 Å². The van der Waals surface area contributed by atoms with E-state index in [4.69, 9.17) is 0 Å². The zero-order chi connectivity index (χ0) is 19.2. The van der Waals surface area contributed by atoms with Gasteiger partial charge in [-0.05, 0) is 42.0 Å². The van der Waals surface area contributed by atoms with E-state index in [1.807, 2.05) is 53.4 Å². The van der Waals surface area contributed by atoms with Crippen LogP contribution in [0.1, 0.15) is 5.56 Å². The molecule has 0 aliphatic carbocycles. The van der Waals surface area contributed by atoms with Crippen LogP contribution in [0.3, 0.4) is 0 Å². The van der Waals surface area contributed by atoms with Gasteiger partial charge < -0.3 is 10.2 Å². The summed E-state index contributed by atoms with van der Waals surface area (Å²) >= 11 is 0. The third-order valence-electron chi connectivity index (χ3n) is 4.23. The Balaban J connectivity index is 1.66. The zero-order valence-corrected chi connectivity index (χ0v) is 15.2. The lowest BCUT2D eigenvalue weighted by Gasteiger charge is -2.23. The molecule has 0 saturated carbocycles. The van der Waals surface area contributed by atoms with Crippen LogP contribution in [0.2, 0.25) is 0 Å². The number of halogens is 1. The number of rotatable bonds is 6. The second kappa shape index (κ2) is 8.31. The van der Waals surface area contributed by atoms with Crippen molar-refractivity contribution in [2.24, 2.45) is 0 Å². The fourth-order valence-corrected chi connectivity index (χ4v) is 2.91. The molecule has 0 radical (unpaired) electrons. The average molecular weight is 370 g/mol. The summed E-state index contributed by atoms with van der Waals surface area (Å²) in [5.74, 6) is 0.871. The van der Waals surface area contributed by atoms with Gasteiger partial charge in [-0.25, -0.2) is 9.37 Å². The lowest BCUT2D eigenvalue weighted by Crippen LogP contribution is -2.19. The second-order valence-electron chi connectivity index (χ2n) is 6.28. The molecule has 0 aliphatic heterocycles. The minimum Gasteiger partial charge on any atom is -0.340 e. The molecule has 1 aromatic heterocycles. The highest BCUT2D eigenvalue weighted by Gasteiger charge is 2.13. The number of anilines is 4. The molecule has 0 aliphatic rings. The molecule has 3 aromatic carbocycles. The van der Waals surface area contributed by atoms with Crippen LogP contribution >= 0.6 is 0 Å². The van der Waals surface area contributed by atoms with E-state index in [1.165, 1.54) is 12.1 Å². The molecule has 0 bridgehead atoms. The van der Waals surface area contributed by atoms with Crippen LogP contribution in [0.25, 0.3) is 0 Å². The van der Waals surface area contributed by atoms with Gasteiger partial charge in [0.05, 0.1) is 6.54 Å². The Kier molecular flexibility index (Phi) is 5.24. The number of para-hydroxylation sites is 1. The molecule has 138 valence electrons. The molecule has 4 nitrogen and oxygen atoms in total. The Morgan fingerprint density at radius 1 is 0.821 bits per heavy atom. The Labute approximate surface area is 163 Å². The van der Waals surface area contributed by atoms with Crippen molar-refractivity contribution in [1.29, 1.82) is 0 Å². The molecule has 0 saturated heterocycles. The summed E-state index contributed by atoms with van der Waals surface area (Å²) in [6.45, 7) is 0.633. The van der Waals surface area contributed by atoms with Crippen molar-refractivity contribution in [3.63, 3.8) is 0 Å². The predicted octanol–water partition coefficient (Wildman–Crippen LogP) is 5.70. The van der Waals surface area contributed by atoms with Crippen molar-refractivity contribution < 1.29 is 4.39 Å². The molecule has 1 N–H and O–H groups in total. The van der Waals surface area contributed by atoms with Gasteiger partial charge in [-0.15, -0.1) is 0 Å². The molecule has 4 aromatic rings. The maximum Gasteiger partial charge on any atom is 0.232 e. The van der Waals surface area contributed by atoms with Gasteiger partial charge in [0.25, 0.3) is 0 Å². The molecular weight excluding hydrogens is 351 g/mol. The monoisotopic (exact) mass is 370 g/mol. The van der Waals surface area contributed by atoms with E-state index in [0.29, 0.717) is 24.0 Å². The number of hydrogen-bond donors (Lipinski definition) is 1. The van der Waals surface area contributed by atoms with Crippen molar-refractivity contribution in [2.45, 2.75) is 6.54 Å². The first-order valence-corrected chi connectivity index (χ1v) is 9.00. The van der Waals surface area contributed by atoms with Crippen molar-refractivity contribution in [2.75, 3.05) is 10.2 Å². The summed E-state index contributed by atoms with van der Waals surface area (Å²) in [5.41, 5.74) is 2.78. The summed E-state index contributed by atoms with van der Waals surface area (Å²) in [4.78, 5) is 11.2. The van der Waals surface area contributed by atoms with Crippen LogP contribution in [-0.4, -0.2) is 9.97 Å². The first-order valence-electron chi connectivity index (χ1n) is 9.00. The lowest BCUT2D eigenvalue weighted by molar-refractivity contribution is 0.628. The van der Waals surface area contributed by atoms with Gasteiger partial charge in [0.2, 0.25) is 5.95 Å². The topological polar surface area (TPSA) is 41.1 Å². The minimum atomic E-state index is -0.297. The van der Waals surface area contributed by atoms with Crippen LogP contribution in [0.15, 0.2) is 97.2 Å². The van der Waals surface area contributed by atoms with Crippen molar-refractivity contribution in [1.82, 2.24) is 9.97 Å². The van der Waals surface area contributed by atoms with Gasteiger partial charge >= 0.3 is 0 Å². The minimum absolute atomic E-state index is 0.297. The van der Waals surface area contributed by atoms with E-state index in [9.17, 15) is 4.39 Å². The van der Waals surface area contributed by atoms with Gasteiger partial charge in [0.15, 0.2) is 0 Å². The highest BCUT2D eigenvalue weighted by Crippen LogP contribution is 2.26. The van der Waals surface area contributed by atoms with Crippen LogP contribution < -0.4 is 10.2 Å². The molecule has 0 unspecified atom stereocenters. The van der Waals surface area contributed by atoms with Gasteiger partial charge in [-0.3, -0.25) is 0 Å². The smallest absolute Gasteiger partial charge is 0.232 e. The Bertz CT molecular complexity index is 1040. The first-order chi connectivity index (χ1) is 13.8. The zero-order valence-electron chi connectivity index (χ0n) is 15.2. The van der Waals surface area contributed by atoms with Crippen LogP contribution in [0.4, 0.5) is 27.5 Å². The van der Waals surface area contributed by atoms with E-state index < -0.39 is 0 Å². The molecule has 0 fully saturated rings. The first kappa shape index (κ1) is 17.7. The maximum absolute atomic E-state index is 13.5. The van der Waals surface area contributed by atoms with E-state index in [0.717, 1.165) is 11.3 Å². The fourth-order valence-electron chi connectivity index (χ4n) is 2.91.